The highest BCUT2D eigenvalue weighted by Gasteiger charge is 2.55. The van der Waals surface area contributed by atoms with Gasteiger partial charge in [0.25, 0.3) is 0 Å². The Kier molecular flexibility index (Phi) is 4.12. The summed E-state index contributed by atoms with van der Waals surface area (Å²) in [4.78, 5) is 2.36. The van der Waals surface area contributed by atoms with E-state index in [1.54, 1.807) is 0 Å². The molecule has 1 N–H and O–H groups in total. The van der Waals surface area contributed by atoms with Gasteiger partial charge in [-0.1, -0.05) is 65.8 Å². The molecule has 3 aliphatic rings. The molecule has 0 heterocycles. The largest absolute Gasteiger partial charge is 0.411 e. The highest BCUT2D eigenvalue weighted by atomic mass is 16.4. The predicted octanol–water partition coefficient (Wildman–Crippen LogP) is 4.50. The second kappa shape index (κ2) is 6.30. The fraction of sp³-hybridized carbons (Fsp3) is 0.409. The highest BCUT2D eigenvalue weighted by molar-refractivity contribution is 5.91. The number of oxime groups is 1. The molecule has 0 saturated heterocycles. The Morgan fingerprint density at radius 2 is 1.36 bits per heavy atom. The lowest BCUT2D eigenvalue weighted by atomic mass is 9.52. The van der Waals surface area contributed by atoms with Gasteiger partial charge >= 0.3 is 0 Å². The molecule has 0 aliphatic heterocycles. The Bertz CT molecular complexity index is 705. The van der Waals surface area contributed by atoms with E-state index in [2.05, 4.69) is 84.8 Å². The molecule has 2 aromatic rings. The second-order valence-corrected chi connectivity index (χ2v) is 7.86. The minimum Gasteiger partial charge on any atom is -0.411 e. The van der Waals surface area contributed by atoms with Gasteiger partial charge in [0.1, 0.15) is 0 Å². The lowest BCUT2D eigenvalue weighted by molar-refractivity contribution is 0.0464. The molecule has 2 bridgehead atoms. The van der Waals surface area contributed by atoms with Crippen LogP contribution in [0.4, 0.5) is 0 Å². The maximum Gasteiger partial charge on any atom is 0.0632 e. The van der Waals surface area contributed by atoms with E-state index in [1.165, 1.54) is 11.1 Å². The van der Waals surface area contributed by atoms with E-state index < -0.39 is 0 Å². The third-order valence-electron chi connectivity index (χ3n) is 6.49. The molecule has 2 aromatic carbocycles. The van der Waals surface area contributed by atoms with Crippen LogP contribution in [0, 0.1) is 5.92 Å². The first kappa shape index (κ1) is 16.3. The van der Waals surface area contributed by atoms with E-state index in [9.17, 15) is 5.21 Å². The summed E-state index contributed by atoms with van der Waals surface area (Å²) in [5, 5.41) is 13.6. The highest BCUT2D eigenvalue weighted by Crippen LogP contribution is 2.58. The molecule has 25 heavy (non-hydrogen) atoms. The molecule has 5 rings (SSSR count). The monoisotopic (exact) mass is 334 g/mol. The third-order valence-corrected chi connectivity index (χ3v) is 6.49. The first-order chi connectivity index (χ1) is 12.1. The standard InChI is InChI=1S/C22H26N2O/c1-24(2)22-13-18(16-9-5-3-6-10-16)21(20(15-22)23-25)19(14-22)17-11-7-4-8-12-17/h3-12,18-19,21,25H,13-15H2,1-2H3/b23-20-/t18-,19-,21?,22?/m0/s1. The minimum atomic E-state index is 0.0529. The van der Waals surface area contributed by atoms with E-state index in [-0.39, 0.29) is 11.5 Å². The first-order valence-electron chi connectivity index (χ1n) is 9.13. The summed E-state index contributed by atoms with van der Waals surface area (Å²) in [6.45, 7) is 0. The van der Waals surface area contributed by atoms with Crippen LogP contribution in [0.2, 0.25) is 0 Å². The molecule has 0 radical (unpaired) electrons. The number of hydrogen-bond donors (Lipinski definition) is 1. The van der Waals surface area contributed by atoms with Crippen molar-refractivity contribution < 1.29 is 5.21 Å². The van der Waals surface area contributed by atoms with E-state index in [0.717, 1.165) is 25.0 Å². The van der Waals surface area contributed by atoms with Gasteiger partial charge in [-0.25, -0.2) is 0 Å². The lowest BCUT2D eigenvalue weighted by Crippen LogP contribution is -2.59. The van der Waals surface area contributed by atoms with Crippen LogP contribution in [-0.4, -0.2) is 35.5 Å². The zero-order valence-electron chi connectivity index (χ0n) is 15.0. The summed E-state index contributed by atoms with van der Waals surface area (Å²) in [6.07, 6.45) is 3.11. The Morgan fingerprint density at radius 3 is 1.76 bits per heavy atom. The number of fused-ring (bicyclic) bond motifs is 3. The van der Waals surface area contributed by atoms with E-state index in [1.807, 2.05) is 0 Å². The molecule has 3 fully saturated rings. The van der Waals surface area contributed by atoms with Crippen molar-refractivity contribution in [2.45, 2.75) is 36.6 Å². The first-order valence-corrected chi connectivity index (χ1v) is 9.13. The topological polar surface area (TPSA) is 35.8 Å². The third kappa shape index (κ3) is 2.67. The molecule has 3 aliphatic carbocycles. The average molecular weight is 334 g/mol. The number of nitrogens with zero attached hydrogens (tertiary/aromatic N) is 2. The molecule has 0 unspecified atom stereocenters. The molecule has 130 valence electrons. The second-order valence-electron chi connectivity index (χ2n) is 7.86. The lowest BCUT2D eigenvalue weighted by Gasteiger charge is -2.57. The summed E-state index contributed by atoms with van der Waals surface area (Å²) in [6, 6.07) is 21.5. The van der Waals surface area contributed by atoms with E-state index >= 15 is 0 Å². The van der Waals surface area contributed by atoms with Gasteiger partial charge in [-0.15, -0.1) is 0 Å². The SMILES string of the molecule is CN(C)C12C/C(=N/O)C([C@H](c3ccccc3)C1)[C@H](c1ccccc1)C2. The van der Waals surface area contributed by atoms with Crippen LogP contribution in [0.15, 0.2) is 65.8 Å². The van der Waals surface area contributed by atoms with Crippen LogP contribution >= 0.6 is 0 Å². The quantitative estimate of drug-likeness (QED) is 0.663. The molecule has 0 spiro atoms. The smallest absolute Gasteiger partial charge is 0.0632 e. The Hall–Kier alpha value is -2.13. The van der Waals surface area contributed by atoms with Gasteiger partial charge in [-0.3, -0.25) is 0 Å². The van der Waals surface area contributed by atoms with E-state index in [0.29, 0.717) is 11.8 Å². The van der Waals surface area contributed by atoms with Crippen LogP contribution in [0.1, 0.15) is 42.2 Å². The number of benzene rings is 2. The average Bonchev–Trinajstić information content (AvgIpc) is 2.69. The van der Waals surface area contributed by atoms with Crippen molar-refractivity contribution in [2.75, 3.05) is 14.1 Å². The molecule has 3 saturated carbocycles. The van der Waals surface area contributed by atoms with Gasteiger partial charge in [0.05, 0.1) is 5.71 Å². The van der Waals surface area contributed by atoms with Crippen LogP contribution in [0.3, 0.4) is 0 Å². The fourth-order valence-electron chi connectivity index (χ4n) is 5.18. The van der Waals surface area contributed by atoms with Gasteiger partial charge in [0, 0.05) is 17.9 Å². The van der Waals surface area contributed by atoms with Crippen LogP contribution in [0.25, 0.3) is 0 Å². The minimum absolute atomic E-state index is 0.0529. The molecular formula is C22H26N2O. The Labute approximate surface area is 150 Å². The zero-order valence-corrected chi connectivity index (χ0v) is 15.0. The molecule has 2 atom stereocenters. The van der Waals surface area contributed by atoms with Gasteiger partial charge in [0.15, 0.2) is 0 Å². The van der Waals surface area contributed by atoms with Crippen molar-refractivity contribution in [3.8, 4) is 0 Å². The number of hydrogen-bond acceptors (Lipinski definition) is 3. The summed E-state index contributed by atoms with van der Waals surface area (Å²) in [5.74, 6) is 1.06. The Morgan fingerprint density at radius 1 is 0.880 bits per heavy atom. The maximum absolute atomic E-state index is 9.81. The van der Waals surface area contributed by atoms with Crippen LogP contribution in [-0.2, 0) is 0 Å². The summed E-state index contributed by atoms with van der Waals surface area (Å²) >= 11 is 0. The fourth-order valence-corrected chi connectivity index (χ4v) is 5.18. The summed E-state index contributed by atoms with van der Waals surface area (Å²) in [7, 11) is 4.34. The molecule has 0 amide bonds. The predicted molar refractivity (Wildman–Crippen MR) is 101 cm³/mol. The van der Waals surface area contributed by atoms with Crippen LogP contribution < -0.4 is 0 Å². The van der Waals surface area contributed by atoms with E-state index in [4.69, 9.17) is 0 Å². The molecule has 0 aromatic heterocycles. The maximum atomic E-state index is 9.81. The van der Waals surface area contributed by atoms with Gasteiger partial charge < -0.3 is 10.1 Å². The summed E-state index contributed by atoms with van der Waals surface area (Å²) < 4.78 is 0. The Balaban J connectivity index is 1.84. The zero-order chi connectivity index (χ0) is 17.4. The van der Waals surface area contributed by atoms with Crippen molar-refractivity contribution in [2.24, 2.45) is 11.1 Å². The van der Waals surface area contributed by atoms with Crippen molar-refractivity contribution in [3.05, 3.63) is 71.8 Å². The van der Waals surface area contributed by atoms with Crippen molar-refractivity contribution in [1.29, 1.82) is 0 Å². The summed E-state index contributed by atoms with van der Waals surface area (Å²) in [5.41, 5.74) is 3.74. The molecule has 3 nitrogen and oxygen atoms in total. The molecular weight excluding hydrogens is 308 g/mol. The normalized spacial score (nSPS) is 33.1. The van der Waals surface area contributed by atoms with Gasteiger partial charge in [-0.05, 0) is 49.9 Å². The molecule has 3 heteroatoms. The van der Waals surface area contributed by atoms with Crippen LogP contribution in [0.5, 0.6) is 0 Å². The van der Waals surface area contributed by atoms with Crippen molar-refractivity contribution in [3.63, 3.8) is 0 Å². The van der Waals surface area contributed by atoms with Gasteiger partial charge in [-0.2, -0.15) is 0 Å². The van der Waals surface area contributed by atoms with Crippen molar-refractivity contribution in [1.82, 2.24) is 4.90 Å². The number of rotatable bonds is 3. The van der Waals surface area contributed by atoms with Gasteiger partial charge in [0.2, 0.25) is 0 Å². The van der Waals surface area contributed by atoms with Crippen molar-refractivity contribution >= 4 is 5.71 Å².